The molecule has 0 bridgehead atoms. The molecule has 1 saturated carbocycles. The zero-order chi connectivity index (χ0) is 12.1. The molecule has 2 rings (SSSR count). The smallest absolute Gasteiger partial charge is 0.0477 e. The van der Waals surface area contributed by atoms with Gasteiger partial charge >= 0.3 is 0 Å². The van der Waals surface area contributed by atoms with Gasteiger partial charge in [-0.25, -0.2) is 0 Å². The summed E-state index contributed by atoms with van der Waals surface area (Å²) in [5, 5.41) is 3.96. The van der Waals surface area contributed by atoms with Crippen LogP contribution >= 0.6 is 0 Å². The summed E-state index contributed by atoms with van der Waals surface area (Å²) >= 11 is 0. The van der Waals surface area contributed by atoms with Gasteiger partial charge in [-0.2, -0.15) is 0 Å². The van der Waals surface area contributed by atoms with Crippen molar-refractivity contribution in [1.29, 1.82) is 0 Å². The van der Waals surface area contributed by atoms with Gasteiger partial charge in [-0.05, 0) is 44.6 Å². The number of ether oxygens (including phenoxy) is 1. The highest BCUT2D eigenvalue weighted by molar-refractivity contribution is 7.85. The van der Waals surface area contributed by atoms with E-state index in [-0.39, 0.29) is 0 Å². The van der Waals surface area contributed by atoms with E-state index >= 15 is 0 Å². The van der Waals surface area contributed by atoms with E-state index in [2.05, 4.69) is 12.2 Å². The minimum Gasteiger partial charge on any atom is -0.381 e. The zero-order valence-electron chi connectivity index (χ0n) is 10.8. The Morgan fingerprint density at radius 1 is 1.29 bits per heavy atom. The summed E-state index contributed by atoms with van der Waals surface area (Å²) in [6.45, 7) is 4.85. The summed E-state index contributed by atoms with van der Waals surface area (Å²) in [7, 11) is -0.663. The van der Waals surface area contributed by atoms with Crippen LogP contribution in [0.3, 0.4) is 0 Å². The molecule has 0 amide bonds. The fraction of sp³-hybridized carbons (Fsp3) is 1.00. The van der Waals surface area contributed by atoms with Gasteiger partial charge in [0.1, 0.15) is 0 Å². The lowest BCUT2D eigenvalue weighted by atomic mass is 10.2. The van der Waals surface area contributed by atoms with E-state index in [1.165, 1.54) is 12.8 Å². The molecule has 2 aliphatic rings. The first-order chi connectivity index (χ1) is 8.31. The molecular formula is C13H25NO2S. The van der Waals surface area contributed by atoms with Crippen molar-refractivity contribution in [1.82, 2.24) is 5.32 Å². The molecule has 1 N–H and O–H groups in total. The second-order valence-corrected chi connectivity index (χ2v) is 7.02. The highest BCUT2D eigenvalue weighted by atomic mass is 32.2. The summed E-state index contributed by atoms with van der Waals surface area (Å²) in [6.07, 6.45) is 5.78. The van der Waals surface area contributed by atoms with E-state index < -0.39 is 10.8 Å². The van der Waals surface area contributed by atoms with E-state index in [1.807, 2.05) is 0 Å². The Balaban J connectivity index is 1.77. The van der Waals surface area contributed by atoms with Gasteiger partial charge in [-0.3, -0.25) is 4.21 Å². The van der Waals surface area contributed by atoms with E-state index in [4.69, 9.17) is 4.74 Å². The molecule has 17 heavy (non-hydrogen) atoms. The maximum Gasteiger partial charge on any atom is 0.0477 e. The molecule has 4 heteroatoms. The van der Waals surface area contributed by atoms with Gasteiger partial charge in [0.25, 0.3) is 0 Å². The van der Waals surface area contributed by atoms with Crippen molar-refractivity contribution in [2.24, 2.45) is 5.92 Å². The molecule has 0 aromatic carbocycles. The molecule has 0 aromatic rings. The Hall–Kier alpha value is 0.0700. The topological polar surface area (TPSA) is 38.3 Å². The standard InChI is InChI=1S/C13H25NO2S/c1-2-7-14-13(11-3-4-11)10-17(15)12-5-8-16-9-6-12/h11-14H,2-10H2,1H3. The van der Waals surface area contributed by atoms with Crippen LogP contribution < -0.4 is 5.32 Å². The van der Waals surface area contributed by atoms with Crippen molar-refractivity contribution in [3.05, 3.63) is 0 Å². The fourth-order valence-corrected chi connectivity index (χ4v) is 4.18. The largest absolute Gasteiger partial charge is 0.381 e. The Morgan fingerprint density at radius 2 is 2.00 bits per heavy atom. The maximum atomic E-state index is 12.3. The van der Waals surface area contributed by atoms with Crippen molar-refractivity contribution >= 4 is 10.8 Å². The summed E-state index contributed by atoms with van der Waals surface area (Å²) < 4.78 is 17.6. The summed E-state index contributed by atoms with van der Waals surface area (Å²) in [6, 6.07) is 0.499. The summed E-state index contributed by atoms with van der Waals surface area (Å²) in [4.78, 5) is 0. The highest BCUT2D eigenvalue weighted by Crippen LogP contribution is 2.33. The molecule has 0 radical (unpaired) electrons. The monoisotopic (exact) mass is 259 g/mol. The van der Waals surface area contributed by atoms with Gasteiger partial charge in [0, 0.05) is 41.1 Å². The molecule has 0 spiro atoms. The first-order valence-electron chi connectivity index (χ1n) is 6.99. The maximum absolute atomic E-state index is 12.3. The highest BCUT2D eigenvalue weighted by Gasteiger charge is 2.33. The molecule has 1 aliphatic carbocycles. The molecule has 2 unspecified atom stereocenters. The molecule has 1 aliphatic heterocycles. The van der Waals surface area contributed by atoms with Crippen LogP contribution in [0.25, 0.3) is 0 Å². The Bertz CT molecular complexity index is 250. The molecule has 2 atom stereocenters. The van der Waals surface area contributed by atoms with Crippen molar-refractivity contribution in [3.8, 4) is 0 Å². The summed E-state index contributed by atoms with van der Waals surface area (Å²) in [5.74, 6) is 1.65. The van der Waals surface area contributed by atoms with Crippen molar-refractivity contribution < 1.29 is 8.95 Å². The van der Waals surface area contributed by atoms with Crippen LogP contribution in [0.2, 0.25) is 0 Å². The van der Waals surface area contributed by atoms with Crippen molar-refractivity contribution in [2.75, 3.05) is 25.5 Å². The predicted octanol–water partition coefficient (Wildman–Crippen LogP) is 1.69. The number of hydrogen-bond donors (Lipinski definition) is 1. The van der Waals surface area contributed by atoms with Gasteiger partial charge < -0.3 is 10.1 Å². The predicted molar refractivity (Wildman–Crippen MR) is 71.7 cm³/mol. The van der Waals surface area contributed by atoms with Gasteiger partial charge in [-0.1, -0.05) is 6.92 Å². The number of rotatable bonds is 7. The van der Waals surface area contributed by atoms with E-state index in [9.17, 15) is 4.21 Å². The molecule has 0 aromatic heterocycles. The van der Waals surface area contributed by atoms with Crippen LogP contribution in [0.4, 0.5) is 0 Å². The normalized spacial score (nSPS) is 25.7. The van der Waals surface area contributed by atoms with Gasteiger partial charge in [0.15, 0.2) is 0 Å². The third kappa shape index (κ3) is 4.34. The molecule has 1 heterocycles. The average molecular weight is 259 g/mol. The Kier molecular flexibility index (Phi) is 5.45. The lowest BCUT2D eigenvalue weighted by molar-refractivity contribution is 0.0991. The minimum atomic E-state index is -0.663. The lowest BCUT2D eigenvalue weighted by Crippen LogP contribution is -2.39. The molecule has 3 nitrogen and oxygen atoms in total. The van der Waals surface area contributed by atoms with Crippen LogP contribution in [0.15, 0.2) is 0 Å². The molecule has 100 valence electrons. The number of hydrogen-bond acceptors (Lipinski definition) is 3. The summed E-state index contributed by atoms with van der Waals surface area (Å²) in [5.41, 5.74) is 0. The van der Waals surface area contributed by atoms with Gasteiger partial charge in [0.05, 0.1) is 0 Å². The van der Waals surface area contributed by atoms with E-state index in [1.54, 1.807) is 0 Å². The Morgan fingerprint density at radius 3 is 2.59 bits per heavy atom. The minimum absolute atomic E-state index is 0.383. The van der Waals surface area contributed by atoms with Crippen LogP contribution in [0, 0.1) is 5.92 Å². The second-order valence-electron chi connectivity index (χ2n) is 5.26. The molecular weight excluding hydrogens is 234 g/mol. The average Bonchev–Trinajstić information content (AvgIpc) is 3.19. The Labute approximate surface area is 107 Å². The first-order valence-corrected chi connectivity index (χ1v) is 8.37. The number of nitrogens with one attached hydrogen (secondary N) is 1. The second kappa shape index (κ2) is 6.86. The van der Waals surface area contributed by atoms with Crippen LogP contribution in [0.1, 0.15) is 39.0 Å². The lowest BCUT2D eigenvalue weighted by Gasteiger charge is -2.24. The van der Waals surface area contributed by atoms with Crippen molar-refractivity contribution in [2.45, 2.75) is 50.3 Å². The van der Waals surface area contributed by atoms with Gasteiger partial charge in [-0.15, -0.1) is 0 Å². The fourth-order valence-electron chi connectivity index (χ4n) is 2.44. The van der Waals surface area contributed by atoms with Gasteiger partial charge in [0.2, 0.25) is 0 Å². The van der Waals surface area contributed by atoms with Crippen LogP contribution in [-0.2, 0) is 15.5 Å². The first kappa shape index (κ1) is 13.5. The van der Waals surface area contributed by atoms with Crippen LogP contribution in [0.5, 0.6) is 0 Å². The third-order valence-electron chi connectivity index (χ3n) is 3.73. The molecule has 2 fully saturated rings. The van der Waals surface area contributed by atoms with E-state index in [0.717, 1.165) is 50.7 Å². The van der Waals surface area contributed by atoms with Crippen LogP contribution in [-0.4, -0.2) is 41.0 Å². The molecule has 1 saturated heterocycles. The van der Waals surface area contributed by atoms with Crippen molar-refractivity contribution in [3.63, 3.8) is 0 Å². The zero-order valence-corrected chi connectivity index (χ0v) is 11.6. The SMILES string of the molecule is CCCNC(CS(=O)C1CCOCC1)C1CC1. The third-order valence-corrected chi connectivity index (χ3v) is 5.63. The quantitative estimate of drug-likeness (QED) is 0.756. The van der Waals surface area contributed by atoms with E-state index in [0.29, 0.717) is 11.3 Å².